The molecule has 0 aliphatic carbocycles. The fourth-order valence-electron chi connectivity index (χ4n) is 0.815. The molecule has 0 saturated heterocycles. The molecule has 2 atom stereocenters. The van der Waals surface area contributed by atoms with E-state index >= 15 is 0 Å². The average Bonchev–Trinajstić information content (AvgIpc) is 2.09. The van der Waals surface area contributed by atoms with Gasteiger partial charge in [0.05, 0.1) is 11.8 Å². The van der Waals surface area contributed by atoms with Crippen LogP contribution in [-0.2, 0) is 0 Å². The zero-order valence-corrected chi connectivity index (χ0v) is 10.5. The van der Waals surface area contributed by atoms with E-state index in [1.54, 1.807) is 13.1 Å². The number of rotatable bonds is 3. The number of aliphatic hydroxyl groups is 1. The molecule has 1 rings (SSSR count). The van der Waals surface area contributed by atoms with Gasteiger partial charge < -0.3 is 10.8 Å². The first-order valence-electron chi connectivity index (χ1n) is 4.26. The van der Waals surface area contributed by atoms with Crippen LogP contribution in [0.4, 0.5) is 5.69 Å². The van der Waals surface area contributed by atoms with E-state index in [1.165, 1.54) is 11.8 Å². The number of nitrogen functional groups attached to an aromatic ring is 1. The van der Waals surface area contributed by atoms with Crippen LogP contribution in [0, 0.1) is 0 Å². The lowest BCUT2D eigenvalue weighted by Gasteiger charge is -2.14. The molecule has 0 aliphatic rings. The lowest BCUT2D eigenvalue weighted by atomic mass is 10.3. The van der Waals surface area contributed by atoms with Crippen molar-refractivity contribution >= 4 is 33.4 Å². The van der Waals surface area contributed by atoms with Crippen LogP contribution in [0.5, 0.6) is 0 Å². The van der Waals surface area contributed by atoms with Crippen LogP contribution in [0.25, 0.3) is 0 Å². The van der Waals surface area contributed by atoms with Gasteiger partial charge in [0.1, 0.15) is 5.03 Å². The van der Waals surface area contributed by atoms with Gasteiger partial charge >= 0.3 is 0 Å². The molecule has 0 radical (unpaired) electrons. The third-order valence-corrected chi connectivity index (χ3v) is 3.59. The molecule has 14 heavy (non-hydrogen) atoms. The van der Waals surface area contributed by atoms with E-state index in [-0.39, 0.29) is 11.4 Å². The minimum absolute atomic E-state index is 0.0889. The van der Waals surface area contributed by atoms with E-state index in [0.717, 1.165) is 9.50 Å². The Hall–Kier alpha value is -0.260. The SMILES string of the molecule is CC(O)C(C)Sc1ncc(Br)cc1N. The molecule has 1 aromatic heterocycles. The minimum atomic E-state index is -0.371. The maximum Gasteiger partial charge on any atom is 0.119 e. The summed E-state index contributed by atoms with van der Waals surface area (Å²) in [5.74, 6) is 0. The number of aromatic nitrogens is 1. The van der Waals surface area contributed by atoms with E-state index in [1.807, 2.05) is 13.0 Å². The standard InChI is InChI=1S/C9H13BrN2OS/c1-5(13)6(2)14-9-8(11)3-7(10)4-12-9/h3-6,13H,11H2,1-2H3. The lowest BCUT2D eigenvalue weighted by Crippen LogP contribution is -2.15. The molecule has 3 nitrogen and oxygen atoms in total. The molecule has 0 bridgehead atoms. The quantitative estimate of drug-likeness (QED) is 0.832. The van der Waals surface area contributed by atoms with Crippen molar-refractivity contribution in [3.05, 3.63) is 16.7 Å². The number of hydrogen-bond acceptors (Lipinski definition) is 4. The molecule has 0 fully saturated rings. The summed E-state index contributed by atoms with van der Waals surface area (Å²) in [6, 6.07) is 1.81. The highest BCUT2D eigenvalue weighted by Gasteiger charge is 2.13. The number of nitrogens with two attached hydrogens (primary N) is 1. The van der Waals surface area contributed by atoms with Gasteiger partial charge in [-0.25, -0.2) is 4.98 Å². The summed E-state index contributed by atoms with van der Waals surface area (Å²) >= 11 is 4.77. The van der Waals surface area contributed by atoms with Gasteiger partial charge in [-0.2, -0.15) is 0 Å². The molecule has 78 valence electrons. The van der Waals surface area contributed by atoms with Crippen LogP contribution in [-0.4, -0.2) is 21.4 Å². The Labute approximate surface area is 96.2 Å². The molecule has 5 heteroatoms. The fraction of sp³-hybridized carbons (Fsp3) is 0.444. The van der Waals surface area contributed by atoms with Crippen LogP contribution in [0.3, 0.4) is 0 Å². The van der Waals surface area contributed by atoms with Crippen molar-refractivity contribution in [1.29, 1.82) is 0 Å². The van der Waals surface area contributed by atoms with Crippen LogP contribution < -0.4 is 5.73 Å². The van der Waals surface area contributed by atoms with Gasteiger partial charge in [0, 0.05) is 15.9 Å². The van der Waals surface area contributed by atoms with Crippen molar-refractivity contribution in [1.82, 2.24) is 4.98 Å². The first-order valence-corrected chi connectivity index (χ1v) is 5.93. The van der Waals surface area contributed by atoms with Gasteiger partial charge in [0.25, 0.3) is 0 Å². The summed E-state index contributed by atoms with van der Waals surface area (Å²) in [6.45, 7) is 3.70. The summed E-state index contributed by atoms with van der Waals surface area (Å²) < 4.78 is 0.865. The summed E-state index contributed by atoms with van der Waals surface area (Å²) in [5.41, 5.74) is 6.41. The van der Waals surface area contributed by atoms with Crippen LogP contribution in [0.15, 0.2) is 21.8 Å². The number of aliphatic hydroxyl groups excluding tert-OH is 1. The van der Waals surface area contributed by atoms with Crippen molar-refractivity contribution in [2.45, 2.75) is 30.2 Å². The predicted molar refractivity (Wildman–Crippen MR) is 63.3 cm³/mol. The lowest BCUT2D eigenvalue weighted by molar-refractivity contribution is 0.196. The maximum absolute atomic E-state index is 9.33. The van der Waals surface area contributed by atoms with E-state index in [2.05, 4.69) is 20.9 Å². The van der Waals surface area contributed by atoms with E-state index < -0.39 is 0 Å². The highest BCUT2D eigenvalue weighted by Crippen LogP contribution is 2.29. The number of anilines is 1. The topological polar surface area (TPSA) is 59.1 Å². The Morgan fingerprint density at radius 3 is 2.71 bits per heavy atom. The van der Waals surface area contributed by atoms with Crippen molar-refractivity contribution in [2.75, 3.05) is 5.73 Å². The Balaban J connectivity index is 2.77. The van der Waals surface area contributed by atoms with E-state index in [0.29, 0.717) is 5.69 Å². The van der Waals surface area contributed by atoms with Gasteiger partial charge in [-0.05, 0) is 28.9 Å². The number of halogens is 1. The minimum Gasteiger partial charge on any atom is -0.397 e. The Bertz CT molecular complexity index is 320. The van der Waals surface area contributed by atoms with Crippen molar-refractivity contribution in [2.24, 2.45) is 0 Å². The van der Waals surface area contributed by atoms with Gasteiger partial charge in [-0.1, -0.05) is 18.7 Å². The van der Waals surface area contributed by atoms with Crippen LogP contribution in [0.2, 0.25) is 0 Å². The van der Waals surface area contributed by atoms with Crippen LogP contribution >= 0.6 is 27.7 Å². The second-order valence-electron chi connectivity index (χ2n) is 3.11. The molecule has 0 aliphatic heterocycles. The van der Waals surface area contributed by atoms with Gasteiger partial charge in [-0.3, -0.25) is 0 Å². The molecular weight excluding hydrogens is 264 g/mol. The Morgan fingerprint density at radius 1 is 1.57 bits per heavy atom. The van der Waals surface area contributed by atoms with E-state index in [9.17, 15) is 5.11 Å². The molecule has 0 amide bonds. The van der Waals surface area contributed by atoms with E-state index in [4.69, 9.17) is 5.73 Å². The van der Waals surface area contributed by atoms with Crippen molar-refractivity contribution in [3.63, 3.8) is 0 Å². The third-order valence-electron chi connectivity index (χ3n) is 1.82. The molecular formula is C9H13BrN2OS. The van der Waals surface area contributed by atoms with Crippen molar-refractivity contribution in [3.8, 4) is 0 Å². The zero-order valence-electron chi connectivity index (χ0n) is 8.07. The Morgan fingerprint density at radius 2 is 2.21 bits per heavy atom. The summed E-state index contributed by atoms with van der Waals surface area (Å²) in [5, 5.41) is 10.2. The molecule has 2 unspecified atom stereocenters. The van der Waals surface area contributed by atoms with Gasteiger partial charge in [0.2, 0.25) is 0 Å². The molecule has 0 aromatic carbocycles. The smallest absolute Gasteiger partial charge is 0.119 e. The Kier molecular flexibility index (Phi) is 4.22. The predicted octanol–water partition coefficient (Wildman–Crippen LogP) is 2.29. The zero-order chi connectivity index (χ0) is 10.7. The first kappa shape index (κ1) is 11.8. The second-order valence-corrected chi connectivity index (χ2v) is 5.39. The summed E-state index contributed by atoms with van der Waals surface area (Å²) in [4.78, 5) is 4.18. The molecule has 0 spiro atoms. The van der Waals surface area contributed by atoms with Crippen LogP contribution in [0.1, 0.15) is 13.8 Å². The monoisotopic (exact) mass is 276 g/mol. The largest absolute Gasteiger partial charge is 0.397 e. The fourth-order valence-corrected chi connectivity index (χ4v) is 2.02. The summed E-state index contributed by atoms with van der Waals surface area (Å²) in [6.07, 6.45) is 1.33. The summed E-state index contributed by atoms with van der Waals surface area (Å²) in [7, 11) is 0. The first-order chi connectivity index (χ1) is 6.50. The molecule has 3 N–H and O–H groups in total. The third kappa shape index (κ3) is 3.15. The number of pyridine rings is 1. The number of thioether (sulfide) groups is 1. The molecule has 1 heterocycles. The maximum atomic E-state index is 9.33. The highest BCUT2D eigenvalue weighted by atomic mass is 79.9. The number of hydrogen-bond donors (Lipinski definition) is 2. The van der Waals surface area contributed by atoms with Gasteiger partial charge in [0.15, 0.2) is 0 Å². The molecule has 0 saturated carbocycles. The average molecular weight is 277 g/mol. The highest BCUT2D eigenvalue weighted by molar-refractivity contribution is 9.10. The molecule has 1 aromatic rings. The number of nitrogens with zero attached hydrogens (tertiary/aromatic N) is 1. The second kappa shape index (κ2) is 5.00. The van der Waals surface area contributed by atoms with Crippen molar-refractivity contribution < 1.29 is 5.11 Å². The van der Waals surface area contributed by atoms with Gasteiger partial charge in [-0.15, -0.1) is 0 Å². The normalized spacial score (nSPS) is 15.1.